The lowest BCUT2D eigenvalue weighted by Gasteiger charge is -2.31. The van der Waals surface area contributed by atoms with Crippen LogP contribution in [0.4, 0.5) is 0 Å². The van der Waals surface area contributed by atoms with E-state index in [0.29, 0.717) is 36.8 Å². The summed E-state index contributed by atoms with van der Waals surface area (Å²) in [5.74, 6) is 2.09. The monoisotopic (exact) mass is 373 g/mol. The summed E-state index contributed by atoms with van der Waals surface area (Å²) >= 11 is 0. The maximum Gasteiger partial charge on any atom is 0.214 e. The van der Waals surface area contributed by atoms with Crippen molar-refractivity contribution in [1.29, 1.82) is 0 Å². The molecule has 142 valence electrons. The zero-order valence-electron chi connectivity index (χ0n) is 15.5. The van der Waals surface area contributed by atoms with Crippen LogP contribution in [0.15, 0.2) is 12.1 Å². The summed E-state index contributed by atoms with van der Waals surface area (Å²) in [6.07, 6.45) is 0.654. The minimum atomic E-state index is -3.10. The predicted molar refractivity (Wildman–Crippen MR) is 96.1 cm³/mol. The van der Waals surface area contributed by atoms with E-state index >= 15 is 0 Å². The maximum atomic E-state index is 12.2. The lowest BCUT2D eigenvalue weighted by Crippen LogP contribution is -3.13. The molecule has 1 heterocycles. The van der Waals surface area contributed by atoms with E-state index in [-0.39, 0.29) is 5.75 Å². The topological polar surface area (TPSA) is 69.5 Å². The minimum absolute atomic E-state index is 0.231. The van der Waals surface area contributed by atoms with Gasteiger partial charge in [0.05, 0.1) is 53.3 Å². The molecule has 0 radical (unpaired) electrons. The summed E-state index contributed by atoms with van der Waals surface area (Å²) < 4.78 is 42.1. The number of nitrogens with zero attached hydrogens (tertiary/aromatic N) is 1. The van der Waals surface area contributed by atoms with Crippen LogP contribution in [0.1, 0.15) is 18.9 Å². The Hall–Kier alpha value is -1.51. The number of quaternary nitrogens is 1. The molecule has 2 rings (SSSR count). The van der Waals surface area contributed by atoms with Gasteiger partial charge in [0, 0.05) is 5.56 Å². The van der Waals surface area contributed by atoms with E-state index in [1.807, 2.05) is 19.1 Å². The molecule has 0 unspecified atom stereocenters. The highest BCUT2D eigenvalue weighted by molar-refractivity contribution is 7.89. The first kappa shape index (κ1) is 19.8. The zero-order chi connectivity index (χ0) is 18.4. The molecule has 0 saturated carbocycles. The molecule has 1 aliphatic rings. The highest BCUT2D eigenvalue weighted by atomic mass is 32.2. The van der Waals surface area contributed by atoms with Crippen molar-refractivity contribution in [2.45, 2.75) is 19.9 Å². The zero-order valence-corrected chi connectivity index (χ0v) is 16.3. The van der Waals surface area contributed by atoms with Crippen LogP contribution in [0, 0.1) is 0 Å². The van der Waals surface area contributed by atoms with Gasteiger partial charge in [0.25, 0.3) is 0 Å². The molecule has 1 fully saturated rings. The summed E-state index contributed by atoms with van der Waals surface area (Å²) in [5, 5.41) is 0. The summed E-state index contributed by atoms with van der Waals surface area (Å²) in [6, 6.07) is 3.91. The molecule has 25 heavy (non-hydrogen) atoms. The van der Waals surface area contributed by atoms with Crippen LogP contribution >= 0.6 is 0 Å². The number of piperazine rings is 1. The third-order valence-corrected chi connectivity index (χ3v) is 6.54. The number of hydrogen-bond donors (Lipinski definition) is 1. The van der Waals surface area contributed by atoms with E-state index in [4.69, 9.17) is 14.2 Å². The highest BCUT2D eigenvalue weighted by Crippen LogP contribution is 2.37. The Bertz CT molecular complexity index is 645. The standard InChI is InChI=1S/C17H28N2O5S/c1-5-10-25(20,21)19-8-6-18(7-9-19)13-14-11-15(22-2)17(24-4)16(12-14)23-3/h11-12H,5-10,13H2,1-4H3/p+1. The van der Waals surface area contributed by atoms with Crippen LogP contribution in [-0.2, 0) is 16.6 Å². The molecule has 0 aromatic heterocycles. The molecule has 0 aliphatic carbocycles. The molecule has 1 N–H and O–H groups in total. The summed E-state index contributed by atoms with van der Waals surface area (Å²) in [6.45, 7) is 5.41. The van der Waals surface area contributed by atoms with Crippen LogP contribution in [0.25, 0.3) is 0 Å². The quantitative estimate of drug-likeness (QED) is 0.703. The number of ether oxygens (including phenoxy) is 3. The van der Waals surface area contributed by atoms with Gasteiger partial charge in [0.1, 0.15) is 6.54 Å². The summed E-state index contributed by atoms with van der Waals surface area (Å²) in [7, 11) is 1.69. The molecule has 0 spiro atoms. The van der Waals surface area contributed by atoms with Crippen LogP contribution < -0.4 is 19.1 Å². The maximum absolute atomic E-state index is 12.2. The van der Waals surface area contributed by atoms with E-state index < -0.39 is 10.0 Å². The smallest absolute Gasteiger partial charge is 0.214 e. The molecule has 7 nitrogen and oxygen atoms in total. The van der Waals surface area contributed by atoms with E-state index in [9.17, 15) is 8.42 Å². The number of methoxy groups -OCH3 is 3. The molecular weight excluding hydrogens is 344 g/mol. The van der Waals surface area contributed by atoms with Gasteiger partial charge in [-0.3, -0.25) is 0 Å². The van der Waals surface area contributed by atoms with Crippen LogP contribution in [-0.4, -0.2) is 66.0 Å². The van der Waals surface area contributed by atoms with E-state index in [1.165, 1.54) is 4.90 Å². The molecule has 0 bridgehead atoms. The Labute approximate surface area is 150 Å². The van der Waals surface area contributed by atoms with E-state index in [0.717, 1.165) is 25.2 Å². The second-order valence-electron chi connectivity index (χ2n) is 6.18. The highest BCUT2D eigenvalue weighted by Gasteiger charge is 2.28. The molecule has 1 aromatic carbocycles. The van der Waals surface area contributed by atoms with Gasteiger partial charge in [-0.05, 0) is 18.6 Å². The number of sulfonamides is 1. The third kappa shape index (κ3) is 4.77. The van der Waals surface area contributed by atoms with Crippen molar-refractivity contribution in [3.63, 3.8) is 0 Å². The first-order chi connectivity index (χ1) is 11.9. The molecule has 0 amide bonds. The van der Waals surface area contributed by atoms with Gasteiger partial charge in [0.15, 0.2) is 11.5 Å². The first-order valence-electron chi connectivity index (χ1n) is 8.55. The summed E-state index contributed by atoms with van der Waals surface area (Å²) in [4.78, 5) is 1.34. The predicted octanol–water partition coefficient (Wildman–Crippen LogP) is 0.153. The van der Waals surface area contributed by atoms with E-state index in [1.54, 1.807) is 25.6 Å². The molecule has 8 heteroatoms. The van der Waals surface area contributed by atoms with Crippen molar-refractivity contribution >= 4 is 10.0 Å². The Balaban J connectivity index is 2.05. The van der Waals surface area contributed by atoms with Gasteiger partial charge < -0.3 is 19.1 Å². The fourth-order valence-corrected chi connectivity index (χ4v) is 4.68. The van der Waals surface area contributed by atoms with Crippen LogP contribution in [0.2, 0.25) is 0 Å². The van der Waals surface area contributed by atoms with Gasteiger partial charge in [-0.25, -0.2) is 8.42 Å². The Morgan fingerprint density at radius 1 is 1.04 bits per heavy atom. The fraction of sp³-hybridized carbons (Fsp3) is 0.647. The lowest BCUT2D eigenvalue weighted by molar-refractivity contribution is -0.917. The van der Waals surface area contributed by atoms with Crippen molar-refractivity contribution in [3.8, 4) is 17.2 Å². The van der Waals surface area contributed by atoms with Gasteiger partial charge >= 0.3 is 0 Å². The molecule has 0 atom stereocenters. The molecular formula is C17H29N2O5S+. The first-order valence-corrected chi connectivity index (χ1v) is 10.2. The van der Waals surface area contributed by atoms with Crippen molar-refractivity contribution in [1.82, 2.24) is 4.31 Å². The average Bonchev–Trinajstić information content (AvgIpc) is 2.61. The summed E-state index contributed by atoms with van der Waals surface area (Å²) in [5.41, 5.74) is 1.08. The van der Waals surface area contributed by atoms with Gasteiger partial charge in [0.2, 0.25) is 15.8 Å². The van der Waals surface area contributed by atoms with Gasteiger partial charge in [-0.2, -0.15) is 4.31 Å². The second-order valence-corrected chi connectivity index (χ2v) is 8.26. The number of rotatable bonds is 8. The van der Waals surface area contributed by atoms with Crippen molar-refractivity contribution in [2.75, 3.05) is 53.3 Å². The molecule has 1 aromatic rings. The van der Waals surface area contributed by atoms with Gasteiger partial charge in [-0.1, -0.05) is 6.92 Å². The Kier molecular flexibility index (Phi) is 6.92. The SMILES string of the molecule is CCCS(=O)(=O)N1CC[NH+](Cc2cc(OC)c(OC)c(OC)c2)CC1. The fourth-order valence-electron chi connectivity index (χ4n) is 3.17. The Morgan fingerprint density at radius 2 is 1.60 bits per heavy atom. The Morgan fingerprint density at radius 3 is 2.04 bits per heavy atom. The lowest BCUT2D eigenvalue weighted by atomic mass is 10.1. The van der Waals surface area contributed by atoms with E-state index in [2.05, 4.69) is 0 Å². The van der Waals surface area contributed by atoms with Crippen molar-refractivity contribution in [2.24, 2.45) is 0 Å². The van der Waals surface area contributed by atoms with Gasteiger partial charge in [-0.15, -0.1) is 0 Å². The molecule has 1 aliphatic heterocycles. The van der Waals surface area contributed by atoms with Crippen LogP contribution in [0.5, 0.6) is 17.2 Å². The number of hydrogen-bond acceptors (Lipinski definition) is 5. The normalized spacial score (nSPS) is 16.6. The van der Waals surface area contributed by atoms with Crippen LogP contribution in [0.3, 0.4) is 0 Å². The largest absolute Gasteiger partial charge is 0.493 e. The second kappa shape index (κ2) is 8.73. The molecule has 1 saturated heterocycles. The van der Waals surface area contributed by atoms with Crippen molar-refractivity contribution < 1.29 is 27.5 Å². The average molecular weight is 373 g/mol. The number of nitrogens with one attached hydrogen (secondary N) is 1. The van der Waals surface area contributed by atoms with Crippen molar-refractivity contribution in [3.05, 3.63) is 17.7 Å². The number of benzene rings is 1. The third-order valence-electron chi connectivity index (χ3n) is 4.46. The minimum Gasteiger partial charge on any atom is -0.493 e.